The smallest absolute Gasteiger partial charge is 0.395 e. The number of rotatable bonds is 1. The lowest BCUT2D eigenvalue weighted by Gasteiger charge is -2.04. The van der Waals surface area contributed by atoms with E-state index in [1.54, 1.807) is 7.05 Å². The molecular weight excluding hydrogens is 220 g/mol. The third-order valence-corrected chi connectivity index (χ3v) is 2.24. The predicted molar refractivity (Wildman–Crippen MR) is 51.8 cm³/mol. The van der Waals surface area contributed by atoms with Crippen LogP contribution in [-0.4, -0.2) is 23.3 Å². The number of H-pyrrole nitrogens is 1. The molecule has 0 atom stereocenters. The van der Waals surface area contributed by atoms with E-state index in [1.807, 2.05) is 0 Å². The second kappa shape index (κ2) is 2.75. The quantitative estimate of drug-likeness (QED) is 0.781. The number of alkyl halides is 2. The van der Waals surface area contributed by atoms with Crippen molar-refractivity contribution in [3.8, 4) is 11.5 Å². The summed E-state index contributed by atoms with van der Waals surface area (Å²) in [4.78, 5) is 7.01. The first-order valence-electron chi connectivity index (χ1n) is 4.55. The van der Waals surface area contributed by atoms with E-state index in [9.17, 15) is 8.78 Å². The van der Waals surface area contributed by atoms with Crippen LogP contribution in [0.5, 0.6) is 11.5 Å². The van der Waals surface area contributed by atoms with Crippen LogP contribution >= 0.6 is 0 Å². The van der Waals surface area contributed by atoms with Crippen molar-refractivity contribution in [2.24, 2.45) is 0 Å². The average Bonchev–Trinajstić information content (AvgIpc) is 2.70. The standard InChI is InChI=1S/C9H7F2N3O2/c1-12-8-13-4-2-6-7(3-5(4)14-8)16-9(10,11)15-6/h2-3H,1H3,(H2,12,13,14). The number of hydrogen-bond acceptors (Lipinski definition) is 4. The lowest BCUT2D eigenvalue weighted by Crippen LogP contribution is -2.25. The molecule has 2 N–H and O–H groups in total. The molecule has 2 heterocycles. The molecule has 0 saturated heterocycles. The molecule has 0 fully saturated rings. The van der Waals surface area contributed by atoms with Gasteiger partial charge in [-0.15, -0.1) is 8.78 Å². The fraction of sp³-hybridized carbons (Fsp3) is 0.222. The van der Waals surface area contributed by atoms with Gasteiger partial charge >= 0.3 is 6.29 Å². The molecule has 84 valence electrons. The van der Waals surface area contributed by atoms with Gasteiger partial charge < -0.3 is 19.8 Å². The Morgan fingerprint density at radius 2 is 2.00 bits per heavy atom. The Labute approximate surface area is 88.4 Å². The van der Waals surface area contributed by atoms with Crippen LogP contribution < -0.4 is 14.8 Å². The SMILES string of the molecule is CNc1nc2cc3c(cc2[nH]1)OC(F)(F)O3. The topological polar surface area (TPSA) is 59.2 Å². The molecule has 1 aliphatic heterocycles. The summed E-state index contributed by atoms with van der Waals surface area (Å²) in [6.07, 6.45) is -3.59. The molecule has 0 aliphatic carbocycles. The molecule has 0 amide bonds. The maximum Gasteiger partial charge on any atom is 0.586 e. The monoisotopic (exact) mass is 227 g/mol. The highest BCUT2D eigenvalue weighted by molar-refractivity contribution is 5.82. The molecule has 16 heavy (non-hydrogen) atoms. The summed E-state index contributed by atoms with van der Waals surface area (Å²) in [7, 11) is 1.70. The summed E-state index contributed by atoms with van der Waals surface area (Å²) in [5, 5.41) is 2.81. The molecule has 5 nitrogen and oxygen atoms in total. The van der Waals surface area contributed by atoms with Crippen molar-refractivity contribution in [2.75, 3.05) is 12.4 Å². The molecule has 2 aromatic rings. The van der Waals surface area contributed by atoms with E-state index in [0.717, 1.165) is 0 Å². The Hall–Kier alpha value is -2.05. The van der Waals surface area contributed by atoms with E-state index < -0.39 is 6.29 Å². The summed E-state index contributed by atoms with van der Waals surface area (Å²) in [5.41, 5.74) is 1.13. The third kappa shape index (κ3) is 1.24. The Balaban J connectivity index is 2.15. The van der Waals surface area contributed by atoms with Gasteiger partial charge in [-0.2, -0.15) is 0 Å². The van der Waals surface area contributed by atoms with E-state index in [4.69, 9.17) is 0 Å². The Kier molecular flexibility index (Phi) is 1.58. The first kappa shape index (κ1) is 9.20. The van der Waals surface area contributed by atoms with Crippen LogP contribution in [-0.2, 0) is 0 Å². The average molecular weight is 227 g/mol. The van der Waals surface area contributed by atoms with Crippen LogP contribution in [0.25, 0.3) is 11.0 Å². The lowest BCUT2D eigenvalue weighted by atomic mass is 10.3. The van der Waals surface area contributed by atoms with Crippen LogP contribution in [0.3, 0.4) is 0 Å². The van der Waals surface area contributed by atoms with Crippen LogP contribution in [0, 0.1) is 0 Å². The maximum absolute atomic E-state index is 12.8. The third-order valence-electron chi connectivity index (χ3n) is 2.24. The van der Waals surface area contributed by atoms with Crippen LogP contribution in [0.1, 0.15) is 0 Å². The predicted octanol–water partition coefficient (Wildman–Crippen LogP) is 1.93. The van der Waals surface area contributed by atoms with Gasteiger partial charge in [-0.05, 0) is 0 Å². The Bertz CT molecular complexity index is 522. The zero-order valence-electron chi connectivity index (χ0n) is 8.17. The van der Waals surface area contributed by atoms with Gasteiger partial charge in [0, 0.05) is 19.2 Å². The van der Waals surface area contributed by atoms with Crippen LogP contribution in [0.2, 0.25) is 0 Å². The Morgan fingerprint density at radius 1 is 1.31 bits per heavy atom. The van der Waals surface area contributed by atoms with Gasteiger partial charge in [0.2, 0.25) is 5.95 Å². The van der Waals surface area contributed by atoms with E-state index in [2.05, 4.69) is 24.8 Å². The van der Waals surface area contributed by atoms with Gasteiger partial charge in [0.15, 0.2) is 11.5 Å². The summed E-state index contributed by atoms with van der Waals surface area (Å²) in [5.74, 6) is 0.542. The zero-order chi connectivity index (χ0) is 11.3. The summed E-state index contributed by atoms with van der Waals surface area (Å²) in [6.45, 7) is 0. The summed E-state index contributed by atoms with van der Waals surface area (Å²) >= 11 is 0. The van der Waals surface area contributed by atoms with Gasteiger partial charge in [-0.3, -0.25) is 0 Å². The van der Waals surface area contributed by atoms with E-state index >= 15 is 0 Å². The minimum absolute atomic E-state index is 0.00352. The van der Waals surface area contributed by atoms with Crippen molar-refractivity contribution < 1.29 is 18.3 Å². The molecule has 0 saturated carbocycles. The highest BCUT2D eigenvalue weighted by Gasteiger charge is 2.43. The van der Waals surface area contributed by atoms with Crippen molar-refractivity contribution in [3.63, 3.8) is 0 Å². The van der Waals surface area contributed by atoms with Gasteiger partial charge in [0.1, 0.15) is 0 Å². The molecular formula is C9H7F2N3O2. The second-order valence-corrected chi connectivity index (χ2v) is 3.32. The minimum Gasteiger partial charge on any atom is -0.395 e. The number of aromatic amines is 1. The number of fused-ring (bicyclic) bond motifs is 2. The number of ether oxygens (including phenoxy) is 2. The molecule has 7 heteroatoms. The zero-order valence-corrected chi connectivity index (χ0v) is 8.17. The lowest BCUT2D eigenvalue weighted by molar-refractivity contribution is -0.286. The molecule has 0 unspecified atom stereocenters. The fourth-order valence-corrected chi connectivity index (χ4v) is 1.57. The van der Waals surface area contributed by atoms with E-state index in [1.165, 1.54) is 12.1 Å². The van der Waals surface area contributed by atoms with Crippen molar-refractivity contribution in [3.05, 3.63) is 12.1 Å². The van der Waals surface area contributed by atoms with Gasteiger partial charge in [-0.25, -0.2) is 4.98 Å². The first-order chi connectivity index (χ1) is 7.57. The van der Waals surface area contributed by atoms with Crippen LogP contribution in [0.15, 0.2) is 12.1 Å². The van der Waals surface area contributed by atoms with Crippen LogP contribution in [0.4, 0.5) is 14.7 Å². The number of halogens is 2. The van der Waals surface area contributed by atoms with Crippen molar-refractivity contribution >= 4 is 17.0 Å². The summed E-state index contributed by atoms with van der Waals surface area (Å²) < 4.78 is 34.1. The fourth-order valence-electron chi connectivity index (χ4n) is 1.57. The second-order valence-electron chi connectivity index (χ2n) is 3.32. The largest absolute Gasteiger partial charge is 0.586 e. The van der Waals surface area contributed by atoms with Crippen molar-refractivity contribution in [1.29, 1.82) is 0 Å². The number of nitrogens with one attached hydrogen (secondary N) is 2. The Morgan fingerprint density at radius 3 is 2.69 bits per heavy atom. The molecule has 1 aromatic heterocycles. The molecule has 0 radical (unpaired) electrons. The minimum atomic E-state index is -3.59. The van der Waals surface area contributed by atoms with Gasteiger partial charge in [0.05, 0.1) is 11.0 Å². The number of aromatic nitrogens is 2. The number of anilines is 1. The van der Waals surface area contributed by atoms with Crippen molar-refractivity contribution in [2.45, 2.75) is 6.29 Å². The number of imidazole rings is 1. The molecule has 0 bridgehead atoms. The van der Waals surface area contributed by atoms with E-state index in [-0.39, 0.29) is 11.5 Å². The highest BCUT2D eigenvalue weighted by Crippen LogP contribution is 2.42. The number of nitrogens with zero attached hydrogens (tertiary/aromatic N) is 1. The van der Waals surface area contributed by atoms with Gasteiger partial charge in [-0.1, -0.05) is 0 Å². The summed E-state index contributed by atoms with van der Waals surface area (Å²) in [6, 6.07) is 2.84. The first-order valence-corrected chi connectivity index (χ1v) is 4.55. The molecule has 3 rings (SSSR count). The number of benzene rings is 1. The highest BCUT2D eigenvalue weighted by atomic mass is 19.3. The normalized spacial score (nSPS) is 16.7. The maximum atomic E-state index is 12.8. The molecule has 1 aromatic carbocycles. The molecule has 0 spiro atoms. The number of hydrogen-bond donors (Lipinski definition) is 2. The van der Waals surface area contributed by atoms with Gasteiger partial charge in [0.25, 0.3) is 0 Å². The molecule has 1 aliphatic rings. The van der Waals surface area contributed by atoms with E-state index in [0.29, 0.717) is 17.0 Å². The van der Waals surface area contributed by atoms with Crippen molar-refractivity contribution in [1.82, 2.24) is 9.97 Å².